The van der Waals surface area contributed by atoms with Gasteiger partial charge in [0, 0.05) is 19.5 Å². The molecule has 1 amide bonds. The van der Waals surface area contributed by atoms with Crippen molar-refractivity contribution in [2.75, 3.05) is 13.1 Å². The molecule has 1 aromatic carbocycles. The number of carbonyl (C=O) groups is 1. The van der Waals surface area contributed by atoms with E-state index in [1.54, 1.807) is 0 Å². The standard InChI is InChI=1S/C17H21N3O/c1-2-14(21)20-16(13-6-4-3-5-7-13)17-15(18-20)12-8-10-19(17)11-9-12/h3-7,16-18H,2,8-11H2,1H3. The van der Waals surface area contributed by atoms with Gasteiger partial charge in [-0.1, -0.05) is 37.3 Å². The molecule has 21 heavy (non-hydrogen) atoms. The summed E-state index contributed by atoms with van der Waals surface area (Å²) in [6, 6.07) is 10.9. The zero-order valence-electron chi connectivity index (χ0n) is 12.4. The molecule has 0 radical (unpaired) electrons. The summed E-state index contributed by atoms with van der Waals surface area (Å²) in [4.78, 5) is 14.9. The second-order valence-electron chi connectivity index (χ2n) is 6.08. The van der Waals surface area contributed by atoms with Crippen molar-refractivity contribution in [3.05, 3.63) is 47.2 Å². The van der Waals surface area contributed by atoms with Crippen LogP contribution in [-0.2, 0) is 4.79 Å². The van der Waals surface area contributed by atoms with Gasteiger partial charge in [0.25, 0.3) is 0 Å². The van der Waals surface area contributed by atoms with Gasteiger partial charge in [-0.3, -0.25) is 15.1 Å². The Labute approximate surface area is 125 Å². The monoisotopic (exact) mass is 283 g/mol. The van der Waals surface area contributed by atoms with Crippen LogP contribution >= 0.6 is 0 Å². The SMILES string of the molecule is CCC(=O)N1NC2=C3CCN(CC3)C2C1c1ccccc1. The number of hydrogen-bond donors (Lipinski definition) is 1. The summed E-state index contributed by atoms with van der Waals surface area (Å²) < 4.78 is 0. The molecule has 1 N–H and O–H groups in total. The van der Waals surface area contributed by atoms with Gasteiger partial charge < -0.3 is 0 Å². The quantitative estimate of drug-likeness (QED) is 0.904. The molecule has 2 bridgehead atoms. The smallest absolute Gasteiger partial charge is 0.241 e. The third-order valence-electron chi connectivity index (χ3n) is 5.00. The number of amides is 1. The molecule has 0 saturated carbocycles. The molecule has 0 aliphatic carbocycles. The van der Waals surface area contributed by atoms with Gasteiger partial charge in [-0.05, 0) is 24.0 Å². The van der Waals surface area contributed by atoms with Crippen LogP contribution in [0.2, 0.25) is 0 Å². The maximum absolute atomic E-state index is 12.4. The zero-order valence-corrected chi connectivity index (χ0v) is 12.4. The maximum Gasteiger partial charge on any atom is 0.241 e. The van der Waals surface area contributed by atoms with E-state index in [1.807, 2.05) is 18.0 Å². The molecule has 4 aliphatic heterocycles. The van der Waals surface area contributed by atoms with Gasteiger partial charge in [-0.2, -0.15) is 0 Å². The Kier molecular flexibility index (Phi) is 3.00. The van der Waals surface area contributed by atoms with E-state index in [2.05, 4.69) is 34.6 Å². The van der Waals surface area contributed by atoms with E-state index in [1.165, 1.54) is 16.8 Å². The normalized spacial score (nSPS) is 30.3. The molecule has 4 heteroatoms. The topological polar surface area (TPSA) is 35.6 Å². The number of hydrazine groups is 1. The number of rotatable bonds is 2. The highest BCUT2D eigenvalue weighted by atomic mass is 16.2. The average Bonchev–Trinajstić information content (AvgIpc) is 2.98. The molecule has 110 valence electrons. The zero-order chi connectivity index (χ0) is 14.4. The highest BCUT2D eigenvalue weighted by molar-refractivity contribution is 5.77. The van der Waals surface area contributed by atoms with Crippen LogP contribution in [0.1, 0.15) is 37.8 Å². The maximum atomic E-state index is 12.4. The van der Waals surface area contributed by atoms with Crippen molar-refractivity contribution in [1.29, 1.82) is 0 Å². The van der Waals surface area contributed by atoms with E-state index < -0.39 is 0 Å². The third kappa shape index (κ3) is 1.89. The number of hydrogen-bond acceptors (Lipinski definition) is 3. The number of carbonyl (C=O) groups excluding carboxylic acids is 1. The van der Waals surface area contributed by atoms with Crippen LogP contribution in [0.5, 0.6) is 0 Å². The fourth-order valence-electron chi connectivity index (χ4n) is 3.95. The lowest BCUT2D eigenvalue weighted by molar-refractivity contribution is -0.135. The average molecular weight is 283 g/mol. The number of piperidine rings is 1. The number of fused-ring (bicyclic) bond motifs is 2. The molecular formula is C17H21N3O. The number of benzene rings is 1. The van der Waals surface area contributed by atoms with Gasteiger partial charge in [-0.25, -0.2) is 5.01 Å². The summed E-state index contributed by atoms with van der Waals surface area (Å²) in [5.74, 6) is 0.173. The molecule has 0 spiro atoms. The fourth-order valence-corrected chi connectivity index (χ4v) is 3.95. The van der Waals surface area contributed by atoms with Crippen LogP contribution in [0, 0.1) is 0 Å². The van der Waals surface area contributed by atoms with E-state index in [4.69, 9.17) is 0 Å². The second-order valence-corrected chi connectivity index (χ2v) is 6.08. The third-order valence-corrected chi connectivity index (χ3v) is 5.00. The van der Waals surface area contributed by atoms with Gasteiger partial charge in [0.05, 0.1) is 17.8 Å². The Hall–Kier alpha value is -1.81. The Morgan fingerprint density at radius 3 is 2.57 bits per heavy atom. The first kappa shape index (κ1) is 12.9. The summed E-state index contributed by atoms with van der Waals surface area (Å²) in [6.07, 6.45) is 2.83. The lowest BCUT2D eigenvalue weighted by atomic mass is 9.86. The molecule has 4 aliphatic rings. The van der Waals surface area contributed by atoms with Crippen LogP contribution in [-0.4, -0.2) is 34.9 Å². The van der Waals surface area contributed by atoms with E-state index in [0.29, 0.717) is 12.5 Å². The summed E-state index contributed by atoms with van der Waals surface area (Å²) in [7, 11) is 0. The first-order chi connectivity index (χ1) is 10.3. The Morgan fingerprint density at radius 1 is 1.19 bits per heavy atom. The Balaban J connectivity index is 1.80. The van der Waals surface area contributed by atoms with Gasteiger partial charge >= 0.3 is 0 Å². The van der Waals surface area contributed by atoms with Crippen molar-refractivity contribution in [1.82, 2.24) is 15.3 Å². The summed E-state index contributed by atoms with van der Waals surface area (Å²) in [5, 5.41) is 1.87. The van der Waals surface area contributed by atoms with Crippen molar-refractivity contribution in [3.8, 4) is 0 Å². The Bertz CT molecular complexity index is 585. The largest absolute Gasteiger partial charge is 0.298 e. The van der Waals surface area contributed by atoms with E-state index in [0.717, 1.165) is 25.9 Å². The van der Waals surface area contributed by atoms with Crippen LogP contribution in [0.25, 0.3) is 0 Å². The summed E-state index contributed by atoms with van der Waals surface area (Å²) in [5.41, 5.74) is 7.49. The first-order valence-electron chi connectivity index (χ1n) is 7.89. The molecular weight excluding hydrogens is 262 g/mol. The van der Waals surface area contributed by atoms with E-state index in [-0.39, 0.29) is 11.9 Å². The second kappa shape index (κ2) is 4.88. The molecule has 4 heterocycles. The molecule has 2 atom stereocenters. The van der Waals surface area contributed by atoms with Crippen molar-refractivity contribution in [2.45, 2.75) is 38.3 Å². The minimum Gasteiger partial charge on any atom is -0.298 e. The van der Waals surface area contributed by atoms with Crippen molar-refractivity contribution in [2.24, 2.45) is 0 Å². The first-order valence-corrected chi connectivity index (χ1v) is 7.89. The van der Waals surface area contributed by atoms with Gasteiger partial charge in [0.2, 0.25) is 5.91 Å². The highest BCUT2D eigenvalue weighted by Gasteiger charge is 2.48. The minimum atomic E-state index is 0.101. The molecule has 4 nitrogen and oxygen atoms in total. The molecule has 2 fully saturated rings. The number of nitrogens with one attached hydrogen (secondary N) is 1. The highest BCUT2D eigenvalue weighted by Crippen LogP contribution is 2.43. The van der Waals surface area contributed by atoms with Crippen molar-refractivity contribution in [3.63, 3.8) is 0 Å². The molecule has 0 aromatic heterocycles. The predicted molar refractivity (Wildman–Crippen MR) is 81.1 cm³/mol. The molecule has 5 rings (SSSR count). The van der Waals surface area contributed by atoms with Crippen molar-refractivity contribution >= 4 is 5.91 Å². The Morgan fingerprint density at radius 2 is 1.90 bits per heavy atom. The fraction of sp³-hybridized carbons (Fsp3) is 0.471. The van der Waals surface area contributed by atoms with Gasteiger partial charge in [-0.15, -0.1) is 0 Å². The molecule has 2 unspecified atom stereocenters. The van der Waals surface area contributed by atoms with Crippen LogP contribution < -0.4 is 5.43 Å². The van der Waals surface area contributed by atoms with Crippen LogP contribution in [0.4, 0.5) is 0 Å². The lowest BCUT2D eigenvalue weighted by Gasteiger charge is -2.42. The van der Waals surface area contributed by atoms with Crippen molar-refractivity contribution < 1.29 is 4.79 Å². The lowest BCUT2D eigenvalue weighted by Crippen LogP contribution is -2.48. The van der Waals surface area contributed by atoms with E-state index in [9.17, 15) is 4.79 Å². The van der Waals surface area contributed by atoms with Crippen LogP contribution in [0.15, 0.2) is 41.6 Å². The van der Waals surface area contributed by atoms with Gasteiger partial charge in [0.1, 0.15) is 0 Å². The molecule has 2 saturated heterocycles. The minimum absolute atomic E-state index is 0.101. The van der Waals surface area contributed by atoms with Crippen LogP contribution in [0.3, 0.4) is 0 Å². The predicted octanol–water partition coefficient (Wildman–Crippen LogP) is 2.22. The van der Waals surface area contributed by atoms with E-state index >= 15 is 0 Å². The number of nitrogens with zero attached hydrogens (tertiary/aromatic N) is 2. The summed E-state index contributed by atoms with van der Waals surface area (Å²) in [6.45, 7) is 4.19. The molecule has 1 aromatic rings. The summed E-state index contributed by atoms with van der Waals surface area (Å²) >= 11 is 0. The van der Waals surface area contributed by atoms with Gasteiger partial charge in [0.15, 0.2) is 0 Å².